The molecule has 1 rings (SSSR count). The summed E-state index contributed by atoms with van der Waals surface area (Å²) in [6.45, 7) is 6.30. The maximum absolute atomic E-state index is 8.88. The molecule has 1 N–H and O–H groups in total. The number of nitrogens with one attached hydrogen (secondary N) is 1. The third-order valence-electron chi connectivity index (χ3n) is 3.62. The number of hydrogen-bond donors (Lipinski definition) is 1. The third-order valence-corrected chi connectivity index (χ3v) is 3.62. The van der Waals surface area contributed by atoms with Crippen LogP contribution in [0.5, 0.6) is 0 Å². The van der Waals surface area contributed by atoms with Gasteiger partial charge in [-0.25, -0.2) is 0 Å². The Balaban J connectivity index is 1.97. The molecule has 92 valence electrons. The molecule has 0 spiro atoms. The topological polar surface area (TPSA) is 35.8 Å². The molecule has 0 aromatic heterocycles. The minimum atomic E-state index is -0.146. The van der Waals surface area contributed by atoms with E-state index in [1.807, 2.05) is 13.8 Å². The summed E-state index contributed by atoms with van der Waals surface area (Å²) in [6.07, 6.45) is 9.23. The van der Waals surface area contributed by atoms with Gasteiger partial charge >= 0.3 is 0 Å². The van der Waals surface area contributed by atoms with E-state index in [0.29, 0.717) is 0 Å². The smallest absolute Gasteiger partial charge is 0.0683 e. The number of hydrogen-bond acceptors (Lipinski definition) is 2. The van der Waals surface area contributed by atoms with Gasteiger partial charge in [0.05, 0.1) is 11.5 Å². The maximum atomic E-state index is 8.88. The molecule has 0 bridgehead atoms. The van der Waals surface area contributed by atoms with E-state index >= 15 is 0 Å². The molecule has 0 heterocycles. The highest BCUT2D eigenvalue weighted by Crippen LogP contribution is 2.23. The molecule has 0 saturated heterocycles. The van der Waals surface area contributed by atoms with Gasteiger partial charge < -0.3 is 5.32 Å². The van der Waals surface area contributed by atoms with E-state index in [0.717, 1.165) is 25.3 Å². The normalized spacial score (nSPS) is 18.3. The summed E-state index contributed by atoms with van der Waals surface area (Å²) < 4.78 is 0. The average molecular weight is 222 g/mol. The van der Waals surface area contributed by atoms with Crippen LogP contribution in [0.25, 0.3) is 0 Å². The second-order valence-corrected chi connectivity index (χ2v) is 5.81. The Labute approximate surface area is 100 Å². The van der Waals surface area contributed by atoms with Gasteiger partial charge in [0.1, 0.15) is 0 Å². The van der Waals surface area contributed by atoms with Crippen molar-refractivity contribution in [3.05, 3.63) is 0 Å². The molecule has 16 heavy (non-hydrogen) atoms. The van der Waals surface area contributed by atoms with Gasteiger partial charge in [-0.1, -0.05) is 19.3 Å². The van der Waals surface area contributed by atoms with E-state index in [1.54, 1.807) is 0 Å². The first kappa shape index (κ1) is 13.5. The zero-order valence-corrected chi connectivity index (χ0v) is 10.9. The first-order chi connectivity index (χ1) is 7.64. The molecule has 1 fully saturated rings. The third kappa shape index (κ3) is 5.51. The molecule has 0 radical (unpaired) electrons. The summed E-state index contributed by atoms with van der Waals surface area (Å²) in [5.74, 6) is 0.915. The minimum absolute atomic E-state index is 0.146. The van der Waals surface area contributed by atoms with Crippen LogP contribution in [0.15, 0.2) is 0 Å². The summed E-state index contributed by atoms with van der Waals surface area (Å²) in [6, 6.07) is 2.35. The highest BCUT2D eigenvalue weighted by atomic mass is 14.9. The molecule has 0 aromatic carbocycles. The summed E-state index contributed by atoms with van der Waals surface area (Å²) in [5.41, 5.74) is -0.146. The van der Waals surface area contributed by atoms with Crippen molar-refractivity contribution in [2.75, 3.05) is 13.1 Å². The van der Waals surface area contributed by atoms with E-state index < -0.39 is 0 Å². The van der Waals surface area contributed by atoms with Crippen molar-refractivity contribution in [1.82, 2.24) is 5.32 Å². The van der Waals surface area contributed by atoms with Gasteiger partial charge in [-0.05, 0) is 58.5 Å². The zero-order valence-electron chi connectivity index (χ0n) is 10.9. The summed E-state index contributed by atoms with van der Waals surface area (Å²) in [5, 5.41) is 12.4. The van der Waals surface area contributed by atoms with Crippen molar-refractivity contribution < 1.29 is 0 Å². The molecule has 2 heteroatoms. The first-order valence-electron chi connectivity index (χ1n) is 6.76. The minimum Gasteiger partial charge on any atom is -0.316 e. The Morgan fingerprint density at radius 2 is 1.94 bits per heavy atom. The Hall–Kier alpha value is -0.550. The first-order valence-corrected chi connectivity index (χ1v) is 6.76. The highest BCUT2D eigenvalue weighted by molar-refractivity contribution is 4.91. The second kappa shape index (κ2) is 6.91. The van der Waals surface area contributed by atoms with Crippen LogP contribution < -0.4 is 5.32 Å². The molecular weight excluding hydrogens is 196 g/mol. The van der Waals surface area contributed by atoms with Gasteiger partial charge in [0.2, 0.25) is 0 Å². The van der Waals surface area contributed by atoms with Crippen LogP contribution in [0.3, 0.4) is 0 Å². The Morgan fingerprint density at radius 3 is 2.56 bits per heavy atom. The largest absolute Gasteiger partial charge is 0.316 e. The Kier molecular flexibility index (Phi) is 5.84. The highest BCUT2D eigenvalue weighted by Gasteiger charge is 2.16. The van der Waals surface area contributed by atoms with Crippen LogP contribution in [0.4, 0.5) is 0 Å². The average Bonchev–Trinajstić information content (AvgIpc) is 2.30. The predicted octanol–water partition coefficient (Wildman–Crippen LogP) is 3.49. The number of rotatable bonds is 6. The number of nitrogens with zero attached hydrogens (tertiary/aromatic N) is 1. The van der Waals surface area contributed by atoms with Crippen LogP contribution in [0, 0.1) is 22.7 Å². The standard InChI is InChI=1S/C14H26N2/c1-14(2,12-15)9-6-10-16-11-13-7-4-3-5-8-13/h13,16H,3-11H2,1-2H3. The SMILES string of the molecule is CC(C)(C#N)CCCNCC1CCCCC1. The van der Waals surface area contributed by atoms with Gasteiger partial charge in [-0.15, -0.1) is 0 Å². The van der Waals surface area contributed by atoms with Gasteiger partial charge in [-0.3, -0.25) is 0 Å². The fourth-order valence-electron chi connectivity index (χ4n) is 2.41. The lowest BCUT2D eigenvalue weighted by atomic mass is 9.88. The quantitative estimate of drug-likeness (QED) is 0.698. The molecule has 0 amide bonds. The summed E-state index contributed by atoms with van der Waals surface area (Å²) in [4.78, 5) is 0. The van der Waals surface area contributed by atoms with Crippen LogP contribution in [0.2, 0.25) is 0 Å². The molecule has 1 saturated carbocycles. The summed E-state index contributed by atoms with van der Waals surface area (Å²) in [7, 11) is 0. The fraction of sp³-hybridized carbons (Fsp3) is 0.929. The van der Waals surface area contributed by atoms with E-state index in [4.69, 9.17) is 5.26 Å². The number of nitriles is 1. The van der Waals surface area contributed by atoms with Gasteiger partial charge in [-0.2, -0.15) is 5.26 Å². The monoisotopic (exact) mass is 222 g/mol. The van der Waals surface area contributed by atoms with Gasteiger partial charge in [0.25, 0.3) is 0 Å². The molecule has 2 nitrogen and oxygen atoms in total. The van der Waals surface area contributed by atoms with Crippen LogP contribution in [-0.2, 0) is 0 Å². The van der Waals surface area contributed by atoms with Crippen LogP contribution in [-0.4, -0.2) is 13.1 Å². The second-order valence-electron chi connectivity index (χ2n) is 5.81. The summed E-state index contributed by atoms with van der Waals surface area (Å²) >= 11 is 0. The van der Waals surface area contributed by atoms with Gasteiger partial charge in [0.15, 0.2) is 0 Å². The van der Waals surface area contributed by atoms with Crippen molar-refractivity contribution >= 4 is 0 Å². The van der Waals surface area contributed by atoms with E-state index in [9.17, 15) is 0 Å². The lowest BCUT2D eigenvalue weighted by Crippen LogP contribution is -2.26. The molecule has 1 aliphatic carbocycles. The van der Waals surface area contributed by atoms with Crippen molar-refractivity contribution in [3.8, 4) is 6.07 Å². The van der Waals surface area contributed by atoms with Crippen molar-refractivity contribution in [3.63, 3.8) is 0 Å². The lowest BCUT2D eigenvalue weighted by molar-refractivity contribution is 0.337. The van der Waals surface area contributed by atoms with Crippen molar-refractivity contribution in [2.24, 2.45) is 11.3 Å². The predicted molar refractivity (Wildman–Crippen MR) is 68.1 cm³/mol. The Bertz CT molecular complexity index is 221. The van der Waals surface area contributed by atoms with Crippen molar-refractivity contribution in [1.29, 1.82) is 5.26 Å². The van der Waals surface area contributed by atoms with Crippen molar-refractivity contribution in [2.45, 2.75) is 58.8 Å². The molecule has 0 unspecified atom stereocenters. The van der Waals surface area contributed by atoms with E-state index in [-0.39, 0.29) is 5.41 Å². The molecule has 1 aliphatic rings. The van der Waals surface area contributed by atoms with Crippen LogP contribution >= 0.6 is 0 Å². The maximum Gasteiger partial charge on any atom is 0.0683 e. The van der Waals surface area contributed by atoms with E-state index in [1.165, 1.54) is 38.6 Å². The van der Waals surface area contributed by atoms with E-state index in [2.05, 4.69) is 11.4 Å². The van der Waals surface area contributed by atoms with Crippen LogP contribution in [0.1, 0.15) is 58.8 Å². The molecule has 0 aromatic rings. The zero-order chi connectivity index (χ0) is 11.9. The lowest BCUT2D eigenvalue weighted by Gasteiger charge is -2.22. The molecular formula is C14H26N2. The molecule has 0 atom stereocenters. The molecule has 0 aliphatic heterocycles. The fourth-order valence-corrected chi connectivity index (χ4v) is 2.41. The Morgan fingerprint density at radius 1 is 1.25 bits per heavy atom. The van der Waals surface area contributed by atoms with Gasteiger partial charge in [0, 0.05) is 0 Å².